The quantitative estimate of drug-likeness (QED) is 0.223. The predicted molar refractivity (Wildman–Crippen MR) is 101 cm³/mol. The third kappa shape index (κ3) is 10.3. The first kappa shape index (κ1) is 18.8. The minimum atomic E-state index is 1.03. The van der Waals surface area contributed by atoms with E-state index in [-0.39, 0.29) is 0 Å². The van der Waals surface area contributed by atoms with E-state index in [0.717, 1.165) is 11.5 Å². The van der Waals surface area contributed by atoms with E-state index in [0.29, 0.717) is 0 Å². The molecule has 0 saturated carbocycles. The van der Waals surface area contributed by atoms with Crippen molar-refractivity contribution in [1.29, 1.82) is 0 Å². The van der Waals surface area contributed by atoms with Gasteiger partial charge >= 0.3 is 0 Å². The van der Waals surface area contributed by atoms with Gasteiger partial charge in [0.05, 0.1) is 0 Å². The topological polar surface area (TPSA) is 0 Å². The summed E-state index contributed by atoms with van der Waals surface area (Å²) < 4.78 is 0. The summed E-state index contributed by atoms with van der Waals surface area (Å²) in [4.78, 5) is 0. The van der Waals surface area contributed by atoms with Gasteiger partial charge in [-0.2, -0.15) is 0 Å². The molecule has 104 valence electrons. The number of hydrogen-bond donors (Lipinski definition) is 0. The first-order valence-corrected chi connectivity index (χ1v) is 10.9. The van der Waals surface area contributed by atoms with Crippen LogP contribution in [0.1, 0.15) is 12.5 Å². The predicted octanol–water partition coefficient (Wildman–Crippen LogP) is 6.80. The number of allylic oxidation sites excluding steroid dienone is 2. The fourth-order valence-corrected chi connectivity index (χ4v) is 7.02. The smallest absolute Gasteiger partial charge is 0.0297 e. The summed E-state index contributed by atoms with van der Waals surface area (Å²) in [6.45, 7) is 11.8. The highest BCUT2D eigenvalue weighted by Crippen LogP contribution is 2.44. The second-order valence-corrected chi connectivity index (χ2v) is 9.21. The van der Waals surface area contributed by atoms with E-state index in [4.69, 9.17) is 0 Å². The Kier molecular flexibility index (Phi) is 14.1. The summed E-state index contributed by atoms with van der Waals surface area (Å²) in [6.07, 6.45) is 4.04. The molecule has 0 radical (unpaired) electrons. The average Bonchev–Trinajstić information content (AvgIpc) is 2.50. The molecule has 0 saturated heterocycles. The van der Waals surface area contributed by atoms with Crippen LogP contribution in [0.3, 0.4) is 0 Å². The summed E-state index contributed by atoms with van der Waals surface area (Å²) in [6, 6.07) is 10.6. The van der Waals surface area contributed by atoms with Crippen LogP contribution in [-0.2, 0) is 5.75 Å². The molecule has 0 spiro atoms. The van der Waals surface area contributed by atoms with Crippen LogP contribution in [0.4, 0.5) is 0 Å². The second-order valence-electron chi connectivity index (χ2n) is 3.21. The molecular weight excluding hydrogens is 308 g/mol. The molecule has 0 unspecified atom stereocenters. The first-order chi connectivity index (χ1) is 9.36. The van der Waals surface area contributed by atoms with Crippen molar-refractivity contribution in [2.75, 3.05) is 5.75 Å². The molecule has 0 aliphatic rings. The van der Waals surface area contributed by atoms with E-state index < -0.39 is 0 Å². The molecule has 0 atom stereocenters. The maximum absolute atomic E-state index is 3.78. The molecule has 0 N–H and O–H groups in total. The zero-order valence-corrected chi connectivity index (χ0v) is 14.5. The van der Waals surface area contributed by atoms with E-state index >= 15 is 0 Å². The Bertz CT molecular complexity index is 360. The lowest BCUT2D eigenvalue weighted by molar-refractivity contribution is 1.43. The van der Waals surface area contributed by atoms with Gasteiger partial charge in [0.25, 0.3) is 0 Å². The second kappa shape index (κ2) is 14.3. The largest absolute Gasteiger partial charge is 0.106 e. The normalized spacial score (nSPS) is 10.5. The van der Waals surface area contributed by atoms with Gasteiger partial charge < -0.3 is 0 Å². The third-order valence-corrected chi connectivity index (χ3v) is 8.38. The van der Waals surface area contributed by atoms with E-state index in [2.05, 4.69) is 63.1 Å². The summed E-state index contributed by atoms with van der Waals surface area (Å²) >= 11 is 0. The van der Waals surface area contributed by atoms with Gasteiger partial charge in [-0.15, -0.1) is 13.2 Å². The van der Waals surface area contributed by atoms with Crippen LogP contribution in [0.25, 0.3) is 0 Å². The van der Waals surface area contributed by atoms with Crippen molar-refractivity contribution in [3.8, 4) is 0 Å². The fraction of sp³-hybridized carbons (Fsp3) is 0.200. The zero-order valence-electron chi connectivity index (χ0n) is 11.2. The van der Waals surface area contributed by atoms with Crippen molar-refractivity contribution in [2.45, 2.75) is 12.7 Å². The van der Waals surface area contributed by atoms with Gasteiger partial charge in [0.2, 0.25) is 0 Å². The van der Waals surface area contributed by atoms with Crippen molar-refractivity contribution in [2.24, 2.45) is 0 Å². The monoisotopic (exact) mass is 328 g/mol. The highest BCUT2D eigenvalue weighted by atomic mass is 33.7. The molecule has 0 aliphatic carbocycles. The van der Waals surface area contributed by atoms with E-state index in [9.17, 15) is 0 Å². The van der Waals surface area contributed by atoms with Gasteiger partial charge in [-0.05, 0) is 37.7 Å². The molecule has 0 bridgehead atoms. The van der Waals surface area contributed by atoms with Crippen molar-refractivity contribution in [1.82, 2.24) is 0 Å². The average molecular weight is 329 g/mol. The molecule has 0 heterocycles. The Morgan fingerprint density at radius 3 is 2.32 bits per heavy atom. The number of hydrogen-bond acceptors (Lipinski definition) is 4. The van der Waals surface area contributed by atoms with Crippen LogP contribution < -0.4 is 0 Å². The molecule has 0 fully saturated rings. The van der Waals surface area contributed by atoms with Crippen molar-refractivity contribution in [3.05, 3.63) is 73.4 Å². The highest BCUT2D eigenvalue weighted by molar-refractivity contribution is 9.26. The van der Waals surface area contributed by atoms with Crippen LogP contribution in [0.2, 0.25) is 0 Å². The SMILES string of the molecule is C=C.C=C/C(=C\C)CSSSSCc1ccccc1. The van der Waals surface area contributed by atoms with Gasteiger partial charge in [-0.25, -0.2) is 0 Å². The van der Waals surface area contributed by atoms with Crippen molar-refractivity contribution in [3.63, 3.8) is 0 Å². The third-order valence-electron chi connectivity index (χ3n) is 2.05. The van der Waals surface area contributed by atoms with Gasteiger partial charge in [0.1, 0.15) is 0 Å². The molecule has 0 nitrogen and oxygen atoms in total. The van der Waals surface area contributed by atoms with Crippen LogP contribution in [0, 0.1) is 0 Å². The highest BCUT2D eigenvalue weighted by Gasteiger charge is 1.96. The Labute approximate surface area is 132 Å². The van der Waals surface area contributed by atoms with Gasteiger partial charge in [-0.3, -0.25) is 0 Å². The maximum atomic E-state index is 3.78. The molecular formula is C15H20S4. The molecule has 1 rings (SSSR count). The van der Waals surface area contributed by atoms with E-state index in [1.165, 1.54) is 11.1 Å². The molecule has 0 amide bonds. The lowest BCUT2D eigenvalue weighted by atomic mass is 10.2. The molecule has 0 aromatic heterocycles. The van der Waals surface area contributed by atoms with Crippen molar-refractivity contribution < 1.29 is 0 Å². The van der Waals surface area contributed by atoms with Crippen LogP contribution in [-0.4, -0.2) is 5.75 Å². The molecule has 19 heavy (non-hydrogen) atoms. The van der Waals surface area contributed by atoms with E-state index in [1.807, 2.05) is 47.3 Å². The molecule has 4 heteroatoms. The Hall–Kier alpha value is -0.160. The lowest BCUT2D eigenvalue weighted by Crippen LogP contribution is -1.77. The van der Waals surface area contributed by atoms with Crippen LogP contribution in [0.5, 0.6) is 0 Å². The Morgan fingerprint density at radius 1 is 1.11 bits per heavy atom. The molecule has 1 aromatic carbocycles. The van der Waals surface area contributed by atoms with E-state index in [1.54, 1.807) is 0 Å². The molecule has 0 aliphatic heterocycles. The fourth-order valence-electron chi connectivity index (χ4n) is 1.06. The summed E-state index contributed by atoms with van der Waals surface area (Å²) in [5.74, 6) is 2.10. The van der Waals surface area contributed by atoms with Gasteiger partial charge in [-0.1, -0.05) is 70.7 Å². The Balaban J connectivity index is 0.00000154. The summed E-state index contributed by atoms with van der Waals surface area (Å²) in [5, 5.41) is 0. The standard InChI is InChI=1S/C13H16S4.C2H4/c1-3-12(4-2)10-14-16-17-15-11-13-8-6-5-7-9-13;1-2/h3-9H,1,10-11H2,2H3;1-2H2/b12-4+;. The van der Waals surface area contributed by atoms with Gasteiger partial charge in [0.15, 0.2) is 0 Å². The maximum Gasteiger partial charge on any atom is 0.0297 e. The number of rotatable bonds is 8. The molecule has 1 aromatic rings. The first-order valence-electron chi connectivity index (χ1n) is 5.76. The van der Waals surface area contributed by atoms with Crippen LogP contribution >= 0.6 is 41.2 Å². The Morgan fingerprint density at radius 2 is 1.74 bits per heavy atom. The van der Waals surface area contributed by atoms with Crippen LogP contribution in [0.15, 0.2) is 67.8 Å². The summed E-state index contributed by atoms with van der Waals surface area (Å²) in [7, 11) is 7.44. The summed E-state index contributed by atoms with van der Waals surface area (Å²) in [5.41, 5.74) is 2.69. The zero-order chi connectivity index (χ0) is 14.3. The minimum Gasteiger partial charge on any atom is -0.106 e. The minimum absolute atomic E-state index is 1.03. The van der Waals surface area contributed by atoms with Crippen molar-refractivity contribution >= 4 is 41.2 Å². The number of benzene rings is 1. The lowest BCUT2D eigenvalue weighted by Gasteiger charge is -2.01. The van der Waals surface area contributed by atoms with Gasteiger partial charge in [0, 0.05) is 11.5 Å².